The van der Waals surface area contributed by atoms with Crippen LogP contribution in [0.2, 0.25) is 0 Å². The number of para-hydroxylation sites is 3. The molecular formula is C42H26BNO2. The summed E-state index contributed by atoms with van der Waals surface area (Å²) in [6.45, 7) is -0.269. The van der Waals surface area contributed by atoms with Crippen molar-refractivity contribution in [2.45, 2.75) is 0 Å². The molecule has 2 aliphatic heterocycles. The summed E-state index contributed by atoms with van der Waals surface area (Å²) < 4.78 is 16.0. The van der Waals surface area contributed by atoms with Gasteiger partial charge in [0.15, 0.2) is 0 Å². The molecule has 4 heteroatoms. The van der Waals surface area contributed by atoms with Crippen molar-refractivity contribution in [2.75, 3.05) is 0 Å². The van der Waals surface area contributed by atoms with Crippen molar-refractivity contribution in [1.82, 2.24) is 4.57 Å². The number of hydrogen-bond acceptors (Lipinski definition) is 2. The smallest absolute Gasteiger partial charge is 0.434 e. The topological polar surface area (TPSA) is 23.4 Å². The number of benzene rings is 7. The first kappa shape index (κ1) is 25.3. The van der Waals surface area contributed by atoms with Crippen LogP contribution in [0.1, 0.15) is 0 Å². The summed E-state index contributed by atoms with van der Waals surface area (Å²) >= 11 is 0. The van der Waals surface area contributed by atoms with Gasteiger partial charge in [-0.3, -0.25) is 0 Å². The maximum absolute atomic E-state index is 6.92. The molecule has 10 rings (SSSR count). The first-order chi connectivity index (χ1) is 22.8. The fourth-order valence-corrected chi connectivity index (χ4v) is 7.45. The molecule has 0 atom stereocenters. The molecule has 214 valence electrons. The largest absolute Gasteiger partial charge is 0.551 e. The molecule has 0 saturated heterocycles. The zero-order valence-corrected chi connectivity index (χ0v) is 24.9. The molecule has 0 radical (unpaired) electrons. The molecule has 0 aliphatic carbocycles. The van der Waals surface area contributed by atoms with Crippen LogP contribution >= 0.6 is 0 Å². The average Bonchev–Trinajstić information content (AvgIpc) is 3.46. The van der Waals surface area contributed by atoms with Crippen LogP contribution in [0.3, 0.4) is 0 Å². The van der Waals surface area contributed by atoms with Crippen molar-refractivity contribution >= 4 is 39.6 Å². The Balaban J connectivity index is 1.18. The molecule has 0 amide bonds. The van der Waals surface area contributed by atoms with Crippen molar-refractivity contribution in [1.29, 1.82) is 0 Å². The van der Waals surface area contributed by atoms with Gasteiger partial charge in [-0.25, -0.2) is 0 Å². The summed E-state index contributed by atoms with van der Waals surface area (Å²) in [5.74, 6) is 2.54. The molecule has 3 heterocycles. The van der Waals surface area contributed by atoms with Gasteiger partial charge in [-0.15, -0.1) is 0 Å². The Morgan fingerprint density at radius 2 is 1.07 bits per heavy atom. The Morgan fingerprint density at radius 1 is 0.435 bits per heavy atom. The zero-order valence-electron chi connectivity index (χ0n) is 24.9. The Bertz CT molecular complexity index is 2440. The molecule has 46 heavy (non-hydrogen) atoms. The number of hydrogen-bond donors (Lipinski definition) is 0. The van der Waals surface area contributed by atoms with Gasteiger partial charge in [0.25, 0.3) is 0 Å². The highest BCUT2D eigenvalue weighted by molar-refractivity contribution is 6.84. The lowest BCUT2D eigenvalue weighted by atomic mass is 9.50. The van der Waals surface area contributed by atoms with E-state index in [0.717, 1.165) is 50.6 Å². The second kappa shape index (κ2) is 9.75. The number of aromatic nitrogens is 1. The summed E-state index contributed by atoms with van der Waals surface area (Å²) in [5.41, 5.74) is 12.4. The van der Waals surface area contributed by atoms with Gasteiger partial charge in [0, 0.05) is 39.0 Å². The number of fused-ring (bicyclic) bond motifs is 7. The average molecular weight is 587 g/mol. The fourth-order valence-electron chi connectivity index (χ4n) is 7.45. The van der Waals surface area contributed by atoms with E-state index >= 15 is 0 Å². The molecule has 0 unspecified atom stereocenters. The summed E-state index contributed by atoms with van der Waals surface area (Å²) in [6.07, 6.45) is 0. The SMILES string of the molecule is c1ccc(-c2ccccc2-c2cc3c4c(c2)-c2ccccc2OB4c2ccc(-n4c5ccccc5c5ccccc54)cc2O3)cc1. The minimum atomic E-state index is -0.269. The van der Waals surface area contributed by atoms with E-state index in [1.165, 1.54) is 38.5 Å². The van der Waals surface area contributed by atoms with Crippen LogP contribution in [0.5, 0.6) is 17.2 Å². The highest BCUT2D eigenvalue weighted by Gasteiger charge is 2.41. The third-order valence-electron chi connectivity index (χ3n) is 9.49. The third kappa shape index (κ3) is 3.67. The molecule has 8 aromatic rings. The van der Waals surface area contributed by atoms with Crippen molar-refractivity contribution < 1.29 is 9.39 Å². The normalized spacial score (nSPS) is 12.7. The second-order valence-corrected chi connectivity index (χ2v) is 12.0. The predicted octanol–water partition coefficient (Wildman–Crippen LogP) is 9.39. The minimum Gasteiger partial charge on any atom is -0.551 e. The molecule has 7 aromatic carbocycles. The van der Waals surface area contributed by atoms with E-state index in [1.807, 2.05) is 6.07 Å². The standard InChI is InChI=1S/C42H26BNO2/c1-2-12-27(13-3-1)30-14-4-5-15-31(30)28-24-35-34-18-8-11-21-39(34)46-43-36-23-22-29(26-40(36)45-41(25-28)42(35)43)44-37-19-9-6-16-32(37)33-17-7-10-20-38(33)44/h1-26H. The van der Waals surface area contributed by atoms with Gasteiger partial charge in [0.2, 0.25) is 0 Å². The monoisotopic (exact) mass is 587 g/mol. The molecule has 0 saturated carbocycles. The van der Waals surface area contributed by atoms with Crippen molar-refractivity contribution in [3.8, 4) is 56.3 Å². The van der Waals surface area contributed by atoms with E-state index in [9.17, 15) is 0 Å². The Morgan fingerprint density at radius 3 is 1.83 bits per heavy atom. The molecule has 0 N–H and O–H groups in total. The summed E-state index contributed by atoms with van der Waals surface area (Å²) in [5, 5.41) is 2.47. The van der Waals surface area contributed by atoms with Crippen LogP contribution in [-0.4, -0.2) is 11.5 Å². The minimum absolute atomic E-state index is 0.269. The van der Waals surface area contributed by atoms with Crippen LogP contribution in [0.25, 0.3) is 60.9 Å². The van der Waals surface area contributed by atoms with Crippen LogP contribution in [-0.2, 0) is 0 Å². The van der Waals surface area contributed by atoms with Crippen molar-refractivity contribution in [2.24, 2.45) is 0 Å². The first-order valence-electron chi connectivity index (χ1n) is 15.7. The van der Waals surface area contributed by atoms with E-state index in [-0.39, 0.29) is 6.92 Å². The maximum Gasteiger partial charge on any atom is 0.434 e. The van der Waals surface area contributed by atoms with Gasteiger partial charge in [-0.1, -0.05) is 115 Å². The molecule has 0 spiro atoms. The molecular weight excluding hydrogens is 561 g/mol. The van der Waals surface area contributed by atoms with Crippen molar-refractivity contribution in [3.05, 3.63) is 158 Å². The van der Waals surface area contributed by atoms with Crippen LogP contribution < -0.4 is 20.3 Å². The van der Waals surface area contributed by atoms with Crippen LogP contribution in [0.15, 0.2) is 158 Å². The quantitative estimate of drug-likeness (QED) is 0.192. The lowest BCUT2D eigenvalue weighted by Crippen LogP contribution is -2.53. The Labute approximate surface area is 267 Å². The Hall–Kier alpha value is -6.00. The van der Waals surface area contributed by atoms with Gasteiger partial charge in [0.1, 0.15) is 17.2 Å². The van der Waals surface area contributed by atoms with Crippen LogP contribution in [0, 0.1) is 0 Å². The summed E-state index contributed by atoms with van der Waals surface area (Å²) in [4.78, 5) is 0. The number of ether oxygens (including phenoxy) is 1. The van der Waals surface area contributed by atoms with Gasteiger partial charge in [-0.05, 0) is 64.2 Å². The highest BCUT2D eigenvalue weighted by atomic mass is 16.5. The predicted molar refractivity (Wildman–Crippen MR) is 189 cm³/mol. The second-order valence-electron chi connectivity index (χ2n) is 12.0. The molecule has 3 nitrogen and oxygen atoms in total. The van der Waals surface area contributed by atoms with E-state index in [2.05, 4.69) is 156 Å². The molecule has 2 aliphatic rings. The third-order valence-corrected chi connectivity index (χ3v) is 9.49. The summed E-state index contributed by atoms with van der Waals surface area (Å²) in [7, 11) is 0. The van der Waals surface area contributed by atoms with E-state index in [1.54, 1.807) is 0 Å². The summed E-state index contributed by atoms with van der Waals surface area (Å²) in [6, 6.07) is 55.8. The van der Waals surface area contributed by atoms with Gasteiger partial charge < -0.3 is 14.0 Å². The lowest BCUT2D eigenvalue weighted by molar-refractivity contribution is 0.479. The van der Waals surface area contributed by atoms with E-state index < -0.39 is 0 Å². The van der Waals surface area contributed by atoms with E-state index in [4.69, 9.17) is 9.39 Å². The Kier molecular flexibility index (Phi) is 5.37. The van der Waals surface area contributed by atoms with Gasteiger partial charge in [-0.2, -0.15) is 0 Å². The number of nitrogens with zero attached hydrogens (tertiary/aromatic N) is 1. The molecule has 0 fully saturated rings. The maximum atomic E-state index is 6.92. The lowest BCUT2D eigenvalue weighted by Gasteiger charge is -2.33. The number of rotatable bonds is 3. The molecule has 1 aromatic heterocycles. The first-order valence-corrected chi connectivity index (χ1v) is 15.7. The van der Waals surface area contributed by atoms with Gasteiger partial charge >= 0.3 is 6.92 Å². The van der Waals surface area contributed by atoms with Gasteiger partial charge in [0.05, 0.1) is 11.0 Å². The zero-order chi connectivity index (χ0) is 30.2. The fraction of sp³-hybridized carbons (Fsp3) is 0. The molecule has 0 bridgehead atoms. The highest BCUT2D eigenvalue weighted by Crippen LogP contribution is 2.43. The van der Waals surface area contributed by atoms with E-state index in [0.29, 0.717) is 0 Å². The van der Waals surface area contributed by atoms with Crippen LogP contribution in [0.4, 0.5) is 0 Å². The van der Waals surface area contributed by atoms with Crippen molar-refractivity contribution in [3.63, 3.8) is 0 Å².